The molecule has 1 saturated carbocycles. The van der Waals surface area contributed by atoms with Gasteiger partial charge in [-0.25, -0.2) is 4.39 Å². The van der Waals surface area contributed by atoms with Gasteiger partial charge < -0.3 is 15.8 Å². The molecule has 0 aliphatic heterocycles. The summed E-state index contributed by atoms with van der Waals surface area (Å²) in [6, 6.07) is 3.25. The van der Waals surface area contributed by atoms with E-state index in [1.54, 1.807) is 13.2 Å². The van der Waals surface area contributed by atoms with E-state index >= 15 is 0 Å². The molecule has 0 radical (unpaired) electrons. The van der Waals surface area contributed by atoms with Crippen molar-refractivity contribution in [1.82, 2.24) is 0 Å². The molecule has 3 nitrogen and oxygen atoms in total. The summed E-state index contributed by atoms with van der Waals surface area (Å²) >= 11 is 3.12. The smallest absolute Gasteiger partial charge is 0.139 e. The molecule has 0 heterocycles. The van der Waals surface area contributed by atoms with Crippen LogP contribution >= 0.6 is 15.9 Å². The van der Waals surface area contributed by atoms with Crippen LogP contribution < -0.4 is 11.1 Å². The Balaban J connectivity index is 2.14. The second-order valence-corrected chi connectivity index (χ2v) is 6.19. The van der Waals surface area contributed by atoms with Crippen molar-refractivity contribution in [3.63, 3.8) is 0 Å². The molecule has 0 amide bonds. The Bertz CT molecular complexity index is 465. The summed E-state index contributed by atoms with van der Waals surface area (Å²) < 4.78 is 19.3. The number of hydrogen-bond acceptors (Lipinski definition) is 3. The van der Waals surface area contributed by atoms with Crippen LogP contribution in [0.1, 0.15) is 20.3 Å². The highest BCUT2D eigenvalue weighted by molar-refractivity contribution is 9.10. The van der Waals surface area contributed by atoms with Crippen molar-refractivity contribution in [3.8, 4) is 0 Å². The van der Waals surface area contributed by atoms with Gasteiger partial charge in [0.1, 0.15) is 5.82 Å². The van der Waals surface area contributed by atoms with Gasteiger partial charge in [0.25, 0.3) is 0 Å². The summed E-state index contributed by atoms with van der Waals surface area (Å²) in [5.41, 5.74) is 7.08. The maximum atomic E-state index is 13.5. The topological polar surface area (TPSA) is 47.3 Å². The Morgan fingerprint density at radius 2 is 2.17 bits per heavy atom. The zero-order valence-corrected chi connectivity index (χ0v) is 12.3. The highest BCUT2D eigenvalue weighted by atomic mass is 79.9. The monoisotopic (exact) mass is 316 g/mol. The van der Waals surface area contributed by atoms with E-state index < -0.39 is 0 Å². The molecule has 0 bridgehead atoms. The number of benzene rings is 1. The molecule has 5 heteroatoms. The third-order valence-corrected chi connectivity index (χ3v) is 4.49. The van der Waals surface area contributed by atoms with Gasteiger partial charge in [-0.1, -0.05) is 13.8 Å². The van der Waals surface area contributed by atoms with Crippen LogP contribution in [0.5, 0.6) is 0 Å². The number of anilines is 2. The van der Waals surface area contributed by atoms with Gasteiger partial charge in [-0.05, 0) is 28.4 Å². The number of nitrogens with one attached hydrogen (secondary N) is 1. The molecule has 100 valence electrons. The molecule has 1 fully saturated rings. The van der Waals surface area contributed by atoms with Gasteiger partial charge >= 0.3 is 0 Å². The number of methoxy groups -OCH3 is 1. The lowest BCUT2D eigenvalue weighted by Crippen LogP contribution is -2.57. The summed E-state index contributed by atoms with van der Waals surface area (Å²) in [6.45, 7) is 4.27. The average molecular weight is 317 g/mol. The number of ether oxygens (including phenoxy) is 1. The molecule has 1 aliphatic carbocycles. The third kappa shape index (κ3) is 2.21. The van der Waals surface area contributed by atoms with E-state index in [1.165, 1.54) is 6.07 Å². The van der Waals surface area contributed by atoms with Crippen molar-refractivity contribution in [2.45, 2.75) is 32.4 Å². The zero-order chi connectivity index (χ0) is 13.5. The quantitative estimate of drug-likeness (QED) is 0.840. The molecular weight excluding hydrogens is 299 g/mol. The van der Waals surface area contributed by atoms with Gasteiger partial charge in [0, 0.05) is 24.6 Å². The van der Waals surface area contributed by atoms with Gasteiger partial charge in [0.2, 0.25) is 0 Å². The summed E-state index contributed by atoms with van der Waals surface area (Å²) in [4.78, 5) is 0. The largest absolute Gasteiger partial charge is 0.397 e. The average Bonchev–Trinajstić information content (AvgIpc) is 2.30. The fraction of sp³-hybridized carbons (Fsp3) is 0.538. The summed E-state index contributed by atoms with van der Waals surface area (Å²) in [5.74, 6) is -0.313. The van der Waals surface area contributed by atoms with Crippen molar-refractivity contribution in [2.24, 2.45) is 5.41 Å². The Morgan fingerprint density at radius 3 is 2.72 bits per heavy atom. The molecule has 0 spiro atoms. The van der Waals surface area contributed by atoms with Crippen LogP contribution in [-0.2, 0) is 4.74 Å². The maximum absolute atomic E-state index is 13.5. The van der Waals surface area contributed by atoms with Crippen molar-refractivity contribution >= 4 is 27.3 Å². The number of halogens is 2. The van der Waals surface area contributed by atoms with Crippen LogP contribution in [0.25, 0.3) is 0 Å². The van der Waals surface area contributed by atoms with Crippen molar-refractivity contribution in [3.05, 3.63) is 22.4 Å². The van der Waals surface area contributed by atoms with Gasteiger partial charge in [-0.15, -0.1) is 0 Å². The number of nitrogens with two attached hydrogens (primary N) is 1. The molecule has 3 N–H and O–H groups in total. The van der Waals surface area contributed by atoms with Crippen molar-refractivity contribution < 1.29 is 9.13 Å². The Labute approximate surface area is 115 Å². The fourth-order valence-electron chi connectivity index (χ4n) is 2.41. The lowest BCUT2D eigenvalue weighted by atomic mass is 9.64. The van der Waals surface area contributed by atoms with Gasteiger partial charge in [0.15, 0.2) is 0 Å². The van der Waals surface area contributed by atoms with Crippen LogP contribution in [0.15, 0.2) is 16.6 Å². The van der Waals surface area contributed by atoms with Crippen LogP contribution in [-0.4, -0.2) is 19.3 Å². The molecule has 2 unspecified atom stereocenters. The molecule has 1 aliphatic rings. The van der Waals surface area contributed by atoms with E-state index in [2.05, 4.69) is 35.1 Å². The fourth-order valence-corrected chi connectivity index (χ4v) is 2.77. The molecule has 18 heavy (non-hydrogen) atoms. The standard InChI is InChI=1S/C13H18BrFN2O/c1-13(2)11(6-12(13)18-3)17-10-5-8(15)7(14)4-9(10)16/h4-5,11-12,17H,6,16H2,1-3H3. The SMILES string of the molecule is COC1CC(Nc2cc(F)c(Br)cc2N)C1(C)C. The predicted molar refractivity (Wildman–Crippen MR) is 75.1 cm³/mol. The first-order valence-corrected chi connectivity index (χ1v) is 6.69. The highest BCUT2D eigenvalue weighted by Crippen LogP contribution is 2.44. The minimum absolute atomic E-state index is 0.0186. The Morgan fingerprint density at radius 1 is 1.50 bits per heavy atom. The molecular formula is C13H18BrFN2O. The van der Waals surface area contributed by atoms with Gasteiger partial charge in [-0.2, -0.15) is 0 Å². The summed E-state index contributed by atoms with van der Waals surface area (Å²) in [6.07, 6.45) is 1.14. The minimum atomic E-state index is -0.313. The summed E-state index contributed by atoms with van der Waals surface area (Å²) in [7, 11) is 1.72. The molecule has 2 rings (SSSR count). The van der Waals surface area contributed by atoms with E-state index in [4.69, 9.17) is 10.5 Å². The van der Waals surface area contributed by atoms with Crippen LogP contribution in [0, 0.1) is 11.2 Å². The number of hydrogen-bond donors (Lipinski definition) is 2. The van der Waals surface area contributed by atoms with Crippen LogP contribution in [0.4, 0.5) is 15.8 Å². The van der Waals surface area contributed by atoms with E-state index in [9.17, 15) is 4.39 Å². The van der Waals surface area contributed by atoms with E-state index in [0.717, 1.165) is 6.42 Å². The molecule has 0 aromatic heterocycles. The first-order chi connectivity index (χ1) is 8.36. The normalized spacial score (nSPS) is 25.6. The van der Waals surface area contributed by atoms with E-state index in [0.29, 0.717) is 15.8 Å². The molecule has 1 aromatic carbocycles. The molecule has 0 saturated heterocycles. The predicted octanol–water partition coefficient (Wildman–Crippen LogP) is 3.40. The second kappa shape index (κ2) is 4.70. The Kier molecular flexibility index (Phi) is 3.56. The molecule has 1 aromatic rings. The van der Waals surface area contributed by atoms with E-state index in [1.807, 2.05) is 0 Å². The number of rotatable bonds is 3. The molecule has 2 atom stereocenters. The number of nitrogen functional groups attached to an aromatic ring is 1. The Hall–Kier alpha value is -0.810. The summed E-state index contributed by atoms with van der Waals surface area (Å²) in [5, 5.41) is 3.30. The third-order valence-electron chi connectivity index (χ3n) is 3.88. The van der Waals surface area contributed by atoms with Crippen LogP contribution in [0.3, 0.4) is 0 Å². The van der Waals surface area contributed by atoms with E-state index in [-0.39, 0.29) is 23.4 Å². The van der Waals surface area contributed by atoms with Crippen molar-refractivity contribution in [1.29, 1.82) is 0 Å². The van der Waals surface area contributed by atoms with Crippen LogP contribution in [0.2, 0.25) is 0 Å². The minimum Gasteiger partial charge on any atom is -0.397 e. The zero-order valence-electron chi connectivity index (χ0n) is 10.8. The lowest BCUT2D eigenvalue weighted by molar-refractivity contribution is -0.0794. The first kappa shape index (κ1) is 13.6. The van der Waals surface area contributed by atoms with Crippen molar-refractivity contribution in [2.75, 3.05) is 18.2 Å². The lowest BCUT2D eigenvalue weighted by Gasteiger charge is -2.51. The second-order valence-electron chi connectivity index (χ2n) is 5.33. The first-order valence-electron chi connectivity index (χ1n) is 5.90. The highest BCUT2D eigenvalue weighted by Gasteiger charge is 2.48. The van der Waals surface area contributed by atoms with Gasteiger partial charge in [0.05, 0.1) is 22.0 Å². The maximum Gasteiger partial charge on any atom is 0.139 e. The van der Waals surface area contributed by atoms with Gasteiger partial charge in [-0.3, -0.25) is 0 Å².